The predicted octanol–water partition coefficient (Wildman–Crippen LogP) is 3.05. The molecule has 0 aliphatic carbocycles. The fourth-order valence-corrected chi connectivity index (χ4v) is 2.63. The zero-order chi connectivity index (χ0) is 15.1. The number of anilines is 1. The van der Waals surface area contributed by atoms with Crippen LogP contribution in [0.2, 0.25) is 5.02 Å². The average molecular weight is 302 g/mol. The van der Waals surface area contributed by atoms with E-state index in [0.29, 0.717) is 5.02 Å². The Balaban J connectivity index is 2.26. The van der Waals surface area contributed by atoms with Crippen LogP contribution < -0.4 is 10.6 Å². The molecule has 0 amide bonds. The van der Waals surface area contributed by atoms with Gasteiger partial charge in [-0.2, -0.15) is 0 Å². The highest BCUT2D eigenvalue weighted by Gasteiger charge is 2.12. The normalized spacial score (nSPS) is 11.0. The van der Waals surface area contributed by atoms with Gasteiger partial charge in [0, 0.05) is 31.9 Å². The van der Waals surface area contributed by atoms with E-state index < -0.39 is 0 Å². The molecule has 0 atom stereocenters. The number of fused-ring (bicyclic) bond motifs is 1. The Morgan fingerprint density at radius 3 is 2.29 bits per heavy atom. The smallest absolute Gasteiger partial charge is 0.333 e. The summed E-state index contributed by atoms with van der Waals surface area (Å²) in [4.78, 5) is 14.5. The molecule has 0 aliphatic rings. The minimum atomic E-state index is -0.0788. The molecular weight excluding hydrogens is 286 g/mol. The van der Waals surface area contributed by atoms with Gasteiger partial charge in [-0.25, -0.2) is 4.79 Å². The lowest BCUT2D eigenvalue weighted by atomic mass is 10.2. The quantitative estimate of drug-likeness (QED) is 0.728. The number of imidazole rings is 1. The lowest BCUT2D eigenvalue weighted by Crippen LogP contribution is -2.20. The summed E-state index contributed by atoms with van der Waals surface area (Å²) in [5.41, 5.74) is 3.52. The first kappa shape index (κ1) is 13.8. The highest BCUT2D eigenvalue weighted by molar-refractivity contribution is 6.31. The van der Waals surface area contributed by atoms with Gasteiger partial charge in [-0.15, -0.1) is 0 Å². The molecule has 2 aromatic carbocycles. The van der Waals surface area contributed by atoms with Gasteiger partial charge in [0.25, 0.3) is 0 Å². The van der Waals surface area contributed by atoms with Crippen molar-refractivity contribution in [3.05, 3.63) is 58.0 Å². The average Bonchev–Trinajstić information content (AvgIpc) is 2.70. The van der Waals surface area contributed by atoms with Crippen LogP contribution in [0, 0.1) is 0 Å². The Morgan fingerprint density at radius 1 is 1.00 bits per heavy atom. The Morgan fingerprint density at radius 2 is 1.67 bits per heavy atom. The summed E-state index contributed by atoms with van der Waals surface area (Å²) in [7, 11) is 5.74. The van der Waals surface area contributed by atoms with Crippen LogP contribution in [0.25, 0.3) is 16.7 Å². The van der Waals surface area contributed by atoms with E-state index >= 15 is 0 Å². The third-order valence-electron chi connectivity index (χ3n) is 3.64. The van der Waals surface area contributed by atoms with Crippen LogP contribution >= 0.6 is 11.6 Å². The number of aryl methyl sites for hydroxylation is 1. The fourth-order valence-electron chi connectivity index (χ4n) is 2.46. The van der Waals surface area contributed by atoms with Crippen molar-refractivity contribution >= 4 is 28.3 Å². The molecule has 108 valence electrons. The summed E-state index contributed by atoms with van der Waals surface area (Å²) in [6, 6.07) is 13.3. The summed E-state index contributed by atoms with van der Waals surface area (Å²) >= 11 is 6.08. The largest absolute Gasteiger partial charge is 0.378 e. The maximum absolute atomic E-state index is 12.5. The number of aromatic nitrogens is 2. The molecule has 4 nitrogen and oxygen atoms in total. The van der Waals surface area contributed by atoms with Gasteiger partial charge >= 0.3 is 5.69 Å². The topological polar surface area (TPSA) is 30.2 Å². The number of nitrogens with zero attached hydrogens (tertiary/aromatic N) is 3. The van der Waals surface area contributed by atoms with Crippen molar-refractivity contribution in [2.24, 2.45) is 7.05 Å². The zero-order valence-corrected chi connectivity index (χ0v) is 12.9. The molecule has 1 aromatic heterocycles. The number of hydrogen-bond acceptors (Lipinski definition) is 2. The summed E-state index contributed by atoms with van der Waals surface area (Å²) < 4.78 is 3.31. The van der Waals surface area contributed by atoms with Crippen LogP contribution in [-0.2, 0) is 7.05 Å². The van der Waals surface area contributed by atoms with E-state index in [4.69, 9.17) is 11.6 Å². The first-order valence-corrected chi connectivity index (χ1v) is 7.01. The Labute approximate surface area is 127 Å². The van der Waals surface area contributed by atoms with Crippen molar-refractivity contribution in [3.8, 4) is 5.69 Å². The zero-order valence-electron chi connectivity index (χ0n) is 12.2. The highest BCUT2D eigenvalue weighted by Crippen LogP contribution is 2.22. The van der Waals surface area contributed by atoms with E-state index in [2.05, 4.69) is 0 Å². The standard InChI is InChI=1S/C16H16ClN3O/c1-18(2)12-5-7-13(8-6-12)20-15-10-11(17)4-9-14(15)19(3)16(20)21/h4-10H,1-3H3. The van der Waals surface area contributed by atoms with E-state index in [1.807, 2.05) is 55.4 Å². The SMILES string of the molecule is CN(C)c1ccc(-n2c(=O)n(C)c3ccc(Cl)cc32)cc1. The molecule has 0 radical (unpaired) electrons. The third-order valence-corrected chi connectivity index (χ3v) is 3.88. The van der Waals surface area contributed by atoms with Gasteiger partial charge < -0.3 is 4.90 Å². The molecule has 1 heterocycles. The van der Waals surface area contributed by atoms with Gasteiger partial charge in [0.15, 0.2) is 0 Å². The van der Waals surface area contributed by atoms with Gasteiger partial charge in [0.1, 0.15) is 0 Å². The number of hydrogen-bond donors (Lipinski definition) is 0. The Bertz CT molecular complexity index is 860. The van der Waals surface area contributed by atoms with Crippen molar-refractivity contribution in [1.82, 2.24) is 9.13 Å². The Hall–Kier alpha value is -2.20. The van der Waals surface area contributed by atoms with E-state index in [1.165, 1.54) is 0 Å². The predicted molar refractivity (Wildman–Crippen MR) is 87.9 cm³/mol. The van der Waals surface area contributed by atoms with Gasteiger partial charge in [-0.05, 0) is 42.5 Å². The van der Waals surface area contributed by atoms with E-state index in [-0.39, 0.29) is 5.69 Å². The van der Waals surface area contributed by atoms with Gasteiger partial charge in [-0.1, -0.05) is 11.6 Å². The highest BCUT2D eigenvalue weighted by atomic mass is 35.5. The van der Waals surface area contributed by atoms with Crippen LogP contribution in [0.1, 0.15) is 0 Å². The second-order valence-electron chi connectivity index (χ2n) is 5.22. The minimum absolute atomic E-state index is 0.0788. The first-order chi connectivity index (χ1) is 9.99. The molecule has 0 fully saturated rings. The lowest BCUT2D eigenvalue weighted by Gasteiger charge is -2.13. The van der Waals surface area contributed by atoms with Crippen LogP contribution in [0.5, 0.6) is 0 Å². The van der Waals surface area contributed by atoms with Gasteiger partial charge in [-0.3, -0.25) is 9.13 Å². The van der Waals surface area contributed by atoms with E-state index in [9.17, 15) is 4.79 Å². The molecule has 5 heteroatoms. The maximum atomic E-state index is 12.5. The van der Waals surface area contributed by atoms with Crippen molar-refractivity contribution in [1.29, 1.82) is 0 Å². The molecule has 21 heavy (non-hydrogen) atoms. The molecule has 0 bridgehead atoms. The fraction of sp³-hybridized carbons (Fsp3) is 0.188. The molecule has 0 saturated heterocycles. The molecular formula is C16H16ClN3O. The monoisotopic (exact) mass is 301 g/mol. The van der Waals surface area contributed by atoms with Crippen molar-refractivity contribution in [2.75, 3.05) is 19.0 Å². The van der Waals surface area contributed by atoms with Crippen molar-refractivity contribution < 1.29 is 0 Å². The second kappa shape index (κ2) is 4.97. The van der Waals surface area contributed by atoms with Crippen molar-refractivity contribution in [2.45, 2.75) is 0 Å². The number of rotatable bonds is 2. The van der Waals surface area contributed by atoms with Crippen LogP contribution in [-0.4, -0.2) is 23.2 Å². The van der Waals surface area contributed by atoms with Crippen LogP contribution in [0.4, 0.5) is 5.69 Å². The molecule has 0 unspecified atom stereocenters. The van der Waals surface area contributed by atoms with E-state index in [0.717, 1.165) is 22.4 Å². The van der Waals surface area contributed by atoms with Crippen LogP contribution in [0.15, 0.2) is 47.3 Å². The summed E-state index contributed by atoms with van der Waals surface area (Å²) in [5, 5.41) is 0.617. The van der Waals surface area contributed by atoms with E-state index in [1.54, 1.807) is 22.2 Å². The lowest BCUT2D eigenvalue weighted by molar-refractivity contribution is 0.846. The van der Waals surface area contributed by atoms with Crippen molar-refractivity contribution in [3.63, 3.8) is 0 Å². The number of halogens is 1. The molecule has 3 aromatic rings. The van der Waals surface area contributed by atoms with Gasteiger partial charge in [0.05, 0.1) is 16.7 Å². The third kappa shape index (κ3) is 2.21. The minimum Gasteiger partial charge on any atom is -0.378 e. The molecule has 3 rings (SSSR count). The molecule has 0 N–H and O–H groups in total. The molecule has 0 spiro atoms. The first-order valence-electron chi connectivity index (χ1n) is 6.64. The molecule has 0 saturated carbocycles. The maximum Gasteiger partial charge on any atom is 0.333 e. The summed E-state index contributed by atoms with van der Waals surface area (Å²) in [6.07, 6.45) is 0. The van der Waals surface area contributed by atoms with Gasteiger partial charge in [0.2, 0.25) is 0 Å². The van der Waals surface area contributed by atoms with Crippen LogP contribution in [0.3, 0.4) is 0 Å². The number of benzene rings is 2. The summed E-state index contributed by atoms with van der Waals surface area (Å²) in [6.45, 7) is 0. The summed E-state index contributed by atoms with van der Waals surface area (Å²) in [5.74, 6) is 0. The molecule has 0 aliphatic heterocycles. The Kier molecular flexibility index (Phi) is 3.26. The second-order valence-corrected chi connectivity index (χ2v) is 5.66.